The number of aromatic nitrogens is 6. The molecular formula is C97H147BrK2N6O15. The van der Waals surface area contributed by atoms with Crippen LogP contribution in [0.1, 0.15) is 239 Å². The summed E-state index contributed by atoms with van der Waals surface area (Å²) in [6.45, 7) is 16.4. The topological polar surface area (TPSA) is 281 Å². The number of Topliss-reactive ketones (excluding diaryl/α,β-unsaturated/α-hetero) is 3. The normalized spacial score (nSPS) is 37.9. The fourth-order valence-electron chi connectivity index (χ4n) is 29.2. The largest absolute Gasteiger partial charge is 1.00 e. The number of carbonyl (C=O) groups is 4. The molecule has 24 heteroatoms. The van der Waals surface area contributed by atoms with E-state index >= 15 is 0 Å². The van der Waals surface area contributed by atoms with E-state index in [4.69, 9.17) is 38.5 Å². The van der Waals surface area contributed by atoms with Crippen molar-refractivity contribution in [2.75, 3.05) is 67.8 Å². The Labute approximate surface area is 817 Å². The minimum absolute atomic E-state index is 0. The van der Waals surface area contributed by atoms with E-state index in [9.17, 15) is 29.7 Å². The average molecular weight is 1800 g/mol. The van der Waals surface area contributed by atoms with Crippen molar-refractivity contribution in [1.82, 2.24) is 29.8 Å². The van der Waals surface area contributed by atoms with Gasteiger partial charge in [0, 0.05) is 61.4 Å². The van der Waals surface area contributed by atoms with Crippen LogP contribution in [0.15, 0.2) is 73.2 Å². The molecular weight excluding hydrogens is 1650 g/mol. The molecule has 0 unspecified atom stereocenters. The number of rotatable bonds is 18. The SMILES string of the molecule is C.C.C.COC[C@]12CC[C@@](C)(O)C[C@@H]1CC[C@H]1[C@@H]3CC[C@H](C(=O)CBr)[C@@]3(C)CC[C@@H]12.COC[C@]12CC[C@@](C)(O)C[C@@H]1CC[C@H]1[C@@H]3CC[C@H](C(=O)Cn4cc5cc(OC)ccc5n4)[C@@]3(C)CC[C@@H]12.COC[C@]12CC[C@@](C)(O)C[C@@H]1CC[C@H]1[C@@H]3CC[C@H](C(=O)Cn4ncc5cc(OC)ccc54)[C@@]3(C)CC[C@@H]12.COc1ccc2[nH]ncc2c1.O=CO[O-].[H-].[K+].[K+]. The average Bonchev–Trinajstić information content (AvgIpc) is 1.38. The second-order valence-corrected chi connectivity index (χ2v) is 40.7. The van der Waals surface area contributed by atoms with Crippen molar-refractivity contribution in [3.8, 4) is 17.2 Å². The van der Waals surface area contributed by atoms with Gasteiger partial charge in [-0.1, -0.05) is 59.0 Å². The molecule has 121 heavy (non-hydrogen) atoms. The van der Waals surface area contributed by atoms with Gasteiger partial charge in [-0.2, -0.15) is 15.3 Å². The molecule has 6 aromatic rings. The number of fused-ring (bicyclic) bond motifs is 18. The van der Waals surface area contributed by atoms with Gasteiger partial charge in [0.15, 0.2) is 11.6 Å². The van der Waals surface area contributed by atoms with E-state index in [0.717, 1.165) is 178 Å². The molecule has 664 valence electrons. The second kappa shape index (κ2) is 41.7. The molecule has 0 aliphatic heterocycles. The van der Waals surface area contributed by atoms with Crippen LogP contribution in [0.5, 0.6) is 17.2 Å². The van der Waals surface area contributed by atoms with Crippen LogP contribution < -0.4 is 122 Å². The first-order valence-corrected chi connectivity index (χ1v) is 45.1. The van der Waals surface area contributed by atoms with Crippen LogP contribution in [-0.2, 0) is 51.4 Å². The number of nitrogens with zero attached hydrogens (tertiary/aromatic N) is 5. The van der Waals surface area contributed by atoms with Crippen LogP contribution in [0, 0.1) is 121 Å². The number of carbonyl (C=O) groups excluding carboxylic acids is 4. The number of halogens is 1. The predicted octanol–water partition coefficient (Wildman–Crippen LogP) is 12.3. The predicted molar refractivity (Wildman–Crippen MR) is 469 cm³/mol. The molecule has 21 nitrogen and oxygen atoms in total. The molecule has 12 aliphatic carbocycles. The van der Waals surface area contributed by atoms with E-state index in [0.29, 0.717) is 101 Å². The summed E-state index contributed by atoms with van der Waals surface area (Å²) in [7, 11) is 10.6. The Hall–Kier alpha value is -2.58. The first-order valence-electron chi connectivity index (χ1n) is 44.0. The van der Waals surface area contributed by atoms with E-state index in [1.165, 1.54) is 70.6 Å². The monoisotopic (exact) mass is 1790 g/mol. The first kappa shape index (κ1) is 102. The van der Waals surface area contributed by atoms with Crippen molar-refractivity contribution in [3.63, 3.8) is 0 Å². The summed E-state index contributed by atoms with van der Waals surface area (Å²) in [6, 6.07) is 17.6. The number of H-pyrrole nitrogens is 1. The zero-order valence-corrected chi connectivity index (χ0v) is 81.2. The zero-order valence-electron chi connectivity index (χ0n) is 74.4. The number of aliphatic hydroxyl groups is 3. The molecule has 0 spiro atoms. The molecule has 3 aromatic heterocycles. The molecule has 0 amide bonds. The molecule has 3 heterocycles. The molecule has 24 atom stereocenters. The minimum Gasteiger partial charge on any atom is -1.00 e. The molecule has 0 bridgehead atoms. The summed E-state index contributed by atoms with van der Waals surface area (Å²) in [4.78, 5) is 51.5. The third-order valence-corrected chi connectivity index (χ3v) is 35.0. The standard InChI is InChI=1S/2C31H44N2O4.C23H37BrO3.C8H8N2O.CH2O3.3CH4.2K.H/c1-29(35)13-14-31(19-36-3)21(16-29)5-7-23-24-8-9-26(30(24,2)12-11-25(23)31)28(34)18-33-17-20-15-22(37-4)6-10-27(20)32-33;1-29(35)13-14-31(19-36-3)21(16-29)5-7-23-24-8-9-26(30(24,2)12-11-25(23)31)28(34)18-33-27-10-6-22(37-4)15-20(27)17-32-33;1-21(26)10-11-23(14-27-3)15(12-21)4-5-16-17-6-7-19(20(25)13-24)22(17,2)9-8-18(16)23;1-11-7-2-3-8-6(4-7)5-9-10-8;2-1-4-3;;;;;;/h2*6,10,15,17,21,23-26,35H,5,7-9,11-14,16,18-19H2,1-4H3;15-19,26H,4-14H2,1-3H3;2-5H,1H3,(H,9,10);1,3H;3*1H4;;;/q;;;;;;;;2*+1;-1/p-1/t2*21-,23-,24-,25-,26+,29+,30-,31+;15-,16-,17-,18-,19+,21+,22-,23+;;;;;;;;/m000......../s1. The van der Waals surface area contributed by atoms with Crippen LogP contribution in [0.3, 0.4) is 0 Å². The van der Waals surface area contributed by atoms with Gasteiger partial charge in [-0.25, -0.2) is 0 Å². The van der Waals surface area contributed by atoms with Gasteiger partial charge in [-0.05, 0) is 352 Å². The van der Waals surface area contributed by atoms with Gasteiger partial charge >= 0.3 is 103 Å². The van der Waals surface area contributed by atoms with Crippen LogP contribution in [0.25, 0.3) is 32.7 Å². The summed E-state index contributed by atoms with van der Waals surface area (Å²) >= 11 is 3.43. The van der Waals surface area contributed by atoms with Gasteiger partial charge in [0.25, 0.3) is 6.47 Å². The summed E-state index contributed by atoms with van der Waals surface area (Å²) < 4.78 is 37.1. The smallest absolute Gasteiger partial charge is 1.00 e. The number of methoxy groups -OCH3 is 6. The van der Waals surface area contributed by atoms with Crippen molar-refractivity contribution in [2.45, 2.75) is 267 Å². The Bertz CT molecular complexity index is 4430. The number of hydrogen-bond acceptors (Lipinski definition) is 18. The molecule has 0 radical (unpaired) electrons. The fourth-order valence-corrected chi connectivity index (χ4v) is 29.6. The number of nitrogens with one attached hydrogen (secondary N) is 1. The molecule has 0 saturated heterocycles. The van der Waals surface area contributed by atoms with Crippen molar-refractivity contribution in [2.24, 2.45) is 121 Å². The molecule has 12 aliphatic rings. The quantitative estimate of drug-likeness (QED) is 0.0204. The van der Waals surface area contributed by atoms with E-state index in [2.05, 4.69) is 62.0 Å². The number of aromatic amines is 1. The van der Waals surface area contributed by atoms with Gasteiger partial charge in [0.2, 0.25) is 0 Å². The van der Waals surface area contributed by atoms with Crippen LogP contribution in [0.2, 0.25) is 0 Å². The van der Waals surface area contributed by atoms with Crippen LogP contribution in [0.4, 0.5) is 0 Å². The van der Waals surface area contributed by atoms with Gasteiger partial charge in [-0.3, -0.25) is 33.6 Å². The Balaban J connectivity index is 0.000000206. The van der Waals surface area contributed by atoms with Gasteiger partial charge in [-0.15, -0.1) is 0 Å². The van der Waals surface area contributed by atoms with E-state index < -0.39 is 16.8 Å². The maximum atomic E-state index is 13.8. The van der Waals surface area contributed by atoms with Gasteiger partial charge in [0.05, 0.1) is 98.8 Å². The molecule has 12 fully saturated rings. The second-order valence-electron chi connectivity index (χ2n) is 40.1. The zero-order chi connectivity index (χ0) is 82.5. The Morgan fingerprint density at radius 2 is 0.884 bits per heavy atom. The number of alkyl halides is 1. The molecule has 18 rings (SSSR count). The fraction of sp³-hybridized carbons (Fsp3) is 0.742. The summed E-state index contributed by atoms with van der Waals surface area (Å²) in [5.74, 6) is 11.8. The molecule has 3 aromatic carbocycles. The summed E-state index contributed by atoms with van der Waals surface area (Å²) in [6.07, 6.45) is 35.4. The third kappa shape index (κ3) is 19.9. The van der Waals surface area contributed by atoms with E-state index in [1.807, 2.05) is 118 Å². The number of ether oxygens (including phenoxy) is 6. The van der Waals surface area contributed by atoms with Crippen LogP contribution >= 0.6 is 15.9 Å². The van der Waals surface area contributed by atoms with Crippen molar-refractivity contribution in [3.05, 3.63) is 73.2 Å². The van der Waals surface area contributed by atoms with Crippen molar-refractivity contribution >= 4 is 72.5 Å². The van der Waals surface area contributed by atoms with E-state index in [1.54, 1.807) is 27.5 Å². The third-order valence-electron chi connectivity index (χ3n) is 34.4. The number of ketones is 3. The van der Waals surface area contributed by atoms with Crippen LogP contribution in [-0.4, -0.2) is 154 Å². The summed E-state index contributed by atoms with van der Waals surface area (Å²) in [5.41, 5.74) is 2.34. The van der Waals surface area contributed by atoms with E-state index in [-0.39, 0.29) is 183 Å². The number of benzene rings is 3. The van der Waals surface area contributed by atoms with Crippen molar-refractivity contribution in [1.29, 1.82) is 0 Å². The van der Waals surface area contributed by atoms with Gasteiger partial charge < -0.3 is 55.3 Å². The number of hydrogen-bond donors (Lipinski definition) is 4. The molecule has 12 saturated carbocycles. The maximum Gasteiger partial charge on any atom is 1.00 e. The maximum absolute atomic E-state index is 13.8. The van der Waals surface area contributed by atoms with Crippen molar-refractivity contribution < 1.29 is 177 Å². The van der Waals surface area contributed by atoms with Gasteiger partial charge in [0.1, 0.15) is 29.6 Å². The Kier molecular flexibility index (Phi) is 35.2. The first-order chi connectivity index (χ1) is 55.5. The summed E-state index contributed by atoms with van der Waals surface area (Å²) in [5, 5.41) is 60.5. The minimum atomic E-state index is -0.537. The molecule has 4 N–H and O–H groups in total. The Morgan fingerprint density at radius 1 is 0.496 bits per heavy atom. The Morgan fingerprint density at radius 3 is 1.29 bits per heavy atom.